The molecular weight excluding hydrogens is 386 g/mol. The molecule has 4 nitrogen and oxygen atoms in total. The van der Waals surface area contributed by atoms with Gasteiger partial charge in [-0.05, 0) is 40.7 Å². The highest BCUT2D eigenvalue weighted by atomic mass is 16.4. The summed E-state index contributed by atoms with van der Waals surface area (Å²) in [6.07, 6.45) is 1.70. The molecule has 2 N–H and O–H groups in total. The molecule has 0 saturated carbocycles. The molecular formula is C27H25NO3. The number of carboxylic acids is 1. The number of benzene rings is 3. The Morgan fingerprint density at radius 2 is 1.19 bits per heavy atom. The van der Waals surface area contributed by atoms with Crippen LogP contribution in [0.1, 0.15) is 46.1 Å². The fraction of sp³-hybridized carbons (Fsp3) is 0.259. The molecule has 0 aliphatic heterocycles. The van der Waals surface area contributed by atoms with Crippen molar-refractivity contribution in [1.82, 2.24) is 5.32 Å². The summed E-state index contributed by atoms with van der Waals surface area (Å²) in [6.45, 7) is 0.539. The summed E-state index contributed by atoms with van der Waals surface area (Å²) in [6, 6.07) is 26.2. The highest BCUT2D eigenvalue weighted by Gasteiger charge is 2.55. The van der Waals surface area contributed by atoms with E-state index in [2.05, 4.69) is 29.6 Å². The summed E-state index contributed by atoms with van der Waals surface area (Å²) in [4.78, 5) is 25.8. The Bertz CT molecular complexity index is 1080. The molecule has 156 valence electrons. The summed E-state index contributed by atoms with van der Waals surface area (Å²) in [5.41, 5.74) is 5.51. The molecule has 2 bridgehead atoms. The second-order valence-electron chi connectivity index (χ2n) is 8.48. The monoisotopic (exact) mass is 411 g/mol. The van der Waals surface area contributed by atoms with Crippen molar-refractivity contribution in [3.8, 4) is 0 Å². The van der Waals surface area contributed by atoms with Gasteiger partial charge in [0.1, 0.15) is 0 Å². The second kappa shape index (κ2) is 8.03. The maximum Gasteiger partial charge on any atom is 0.308 e. The molecule has 0 aromatic heterocycles. The lowest BCUT2D eigenvalue weighted by Gasteiger charge is -2.48. The summed E-state index contributed by atoms with van der Waals surface area (Å²) >= 11 is 0. The standard InChI is InChI=1S/C27H25NO3/c29-26(28-16-8-11-17-9-2-1-3-10-17)24-22-18-12-4-6-14-20(18)23(25(24)27(30)31)21-15-7-5-13-19(21)22/h1-7,9-10,12-15,22-25H,8,11,16H2,(H,28,29)(H,30,31)/t22?,23?,24-,25+/m0/s1. The molecule has 3 aliphatic carbocycles. The van der Waals surface area contributed by atoms with Crippen molar-refractivity contribution < 1.29 is 14.7 Å². The number of nitrogens with one attached hydrogen (secondary N) is 1. The predicted octanol–water partition coefficient (Wildman–Crippen LogP) is 4.34. The van der Waals surface area contributed by atoms with E-state index in [0.29, 0.717) is 6.54 Å². The molecule has 0 radical (unpaired) electrons. The first-order chi connectivity index (χ1) is 15.2. The third-order valence-electron chi connectivity index (χ3n) is 6.81. The van der Waals surface area contributed by atoms with Gasteiger partial charge in [-0.3, -0.25) is 9.59 Å². The van der Waals surface area contributed by atoms with Gasteiger partial charge < -0.3 is 10.4 Å². The minimum Gasteiger partial charge on any atom is -0.481 e. The number of carbonyl (C=O) groups excluding carboxylic acids is 1. The first-order valence-corrected chi connectivity index (χ1v) is 10.9. The number of fused-ring (bicyclic) bond motifs is 1. The zero-order valence-corrected chi connectivity index (χ0v) is 17.2. The maximum atomic E-state index is 13.4. The van der Waals surface area contributed by atoms with Crippen LogP contribution in [0.2, 0.25) is 0 Å². The quantitative estimate of drug-likeness (QED) is 0.593. The molecule has 0 heterocycles. The van der Waals surface area contributed by atoms with Gasteiger partial charge in [0.05, 0.1) is 11.8 Å². The van der Waals surface area contributed by atoms with Gasteiger partial charge >= 0.3 is 5.97 Å². The molecule has 2 atom stereocenters. The van der Waals surface area contributed by atoms with Crippen LogP contribution in [0.25, 0.3) is 0 Å². The number of aliphatic carboxylic acids is 1. The number of hydrogen-bond acceptors (Lipinski definition) is 2. The molecule has 3 aliphatic rings. The molecule has 1 amide bonds. The van der Waals surface area contributed by atoms with Gasteiger partial charge in [0.15, 0.2) is 0 Å². The van der Waals surface area contributed by atoms with Gasteiger partial charge in [-0.15, -0.1) is 0 Å². The number of aryl methyl sites for hydroxylation is 1. The Labute approximate surface area is 181 Å². The average Bonchev–Trinajstić information content (AvgIpc) is 2.81. The first-order valence-electron chi connectivity index (χ1n) is 10.9. The van der Waals surface area contributed by atoms with Crippen molar-refractivity contribution in [2.75, 3.05) is 6.54 Å². The van der Waals surface area contributed by atoms with Gasteiger partial charge in [0.2, 0.25) is 5.91 Å². The highest BCUT2D eigenvalue weighted by molar-refractivity contribution is 5.89. The lowest BCUT2D eigenvalue weighted by atomic mass is 9.54. The van der Waals surface area contributed by atoms with Gasteiger partial charge in [-0.2, -0.15) is 0 Å². The topological polar surface area (TPSA) is 66.4 Å². The lowest BCUT2D eigenvalue weighted by molar-refractivity contribution is -0.149. The van der Waals surface area contributed by atoms with E-state index < -0.39 is 17.8 Å². The van der Waals surface area contributed by atoms with E-state index in [1.165, 1.54) is 5.56 Å². The second-order valence-corrected chi connectivity index (χ2v) is 8.48. The molecule has 6 rings (SSSR count). The van der Waals surface area contributed by atoms with E-state index in [-0.39, 0.29) is 17.7 Å². The maximum absolute atomic E-state index is 13.4. The minimum atomic E-state index is -0.900. The van der Waals surface area contributed by atoms with Crippen LogP contribution in [0.15, 0.2) is 78.9 Å². The van der Waals surface area contributed by atoms with Crippen molar-refractivity contribution >= 4 is 11.9 Å². The summed E-state index contributed by atoms with van der Waals surface area (Å²) in [5, 5.41) is 13.2. The van der Waals surface area contributed by atoms with Crippen LogP contribution in [0.4, 0.5) is 0 Å². The van der Waals surface area contributed by atoms with Gasteiger partial charge in [-0.25, -0.2) is 0 Å². The van der Waals surface area contributed by atoms with Gasteiger partial charge in [0.25, 0.3) is 0 Å². The molecule has 0 unspecified atom stereocenters. The third kappa shape index (κ3) is 3.32. The smallest absolute Gasteiger partial charge is 0.308 e. The molecule has 3 aromatic rings. The molecule has 0 saturated heterocycles. The molecule has 4 heteroatoms. The lowest BCUT2D eigenvalue weighted by Crippen LogP contribution is -2.50. The zero-order valence-electron chi connectivity index (χ0n) is 17.2. The number of amides is 1. The van der Waals surface area contributed by atoms with E-state index >= 15 is 0 Å². The van der Waals surface area contributed by atoms with E-state index in [1.807, 2.05) is 54.6 Å². The van der Waals surface area contributed by atoms with Crippen LogP contribution < -0.4 is 5.32 Å². The van der Waals surface area contributed by atoms with E-state index in [1.54, 1.807) is 0 Å². The van der Waals surface area contributed by atoms with E-state index in [4.69, 9.17) is 0 Å². The normalized spacial score (nSPS) is 23.0. The van der Waals surface area contributed by atoms with Crippen LogP contribution in [-0.4, -0.2) is 23.5 Å². The summed E-state index contributed by atoms with van der Waals surface area (Å²) < 4.78 is 0. The van der Waals surface area contributed by atoms with Crippen molar-refractivity contribution in [3.05, 3.63) is 107 Å². The van der Waals surface area contributed by atoms with Crippen LogP contribution >= 0.6 is 0 Å². The number of rotatable bonds is 6. The predicted molar refractivity (Wildman–Crippen MR) is 119 cm³/mol. The SMILES string of the molecule is O=C(O)[C@@H]1C2c3ccccc3C(c3ccccc32)[C@@H]1C(=O)NCCCc1ccccc1. The fourth-order valence-electron chi connectivity index (χ4n) is 5.56. The van der Waals surface area contributed by atoms with Gasteiger partial charge in [0, 0.05) is 18.4 Å². The Kier molecular flexibility index (Phi) is 5.06. The third-order valence-corrected chi connectivity index (χ3v) is 6.81. The Morgan fingerprint density at radius 1 is 0.710 bits per heavy atom. The number of carboxylic acid groups (broad SMARTS) is 1. The Morgan fingerprint density at radius 3 is 1.71 bits per heavy atom. The van der Waals surface area contributed by atoms with Crippen molar-refractivity contribution in [2.45, 2.75) is 24.7 Å². The molecule has 0 spiro atoms. The van der Waals surface area contributed by atoms with E-state index in [0.717, 1.165) is 35.1 Å². The number of carbonyl (C=O) groups is 2. The zero-order chi connectivity index (χ0) is 21.4. The average molecular weight is 412 g/mol. The van der Waals surface area contributed by atoms with Crippen molar-refractivity contribution in [1.29, 1.82) is 0 Å². The molecule has 0 fully saturated rings. The van der Waals surface area contributed by atoms with Gasteiger partial charge in [-0.1, -0.05) is 78.9 Å². The summed E-state index contributed by atoms with van der Waals surface area (Å²) in [5.74, 6) is -2.95. The van der Waals surface area contributed by atoms with E-state index in [9.17, 15) is 14.7 Å². The number of hydrogen-bond donors (Lipinski definition) is 2. The summed E-state index contributed by atoms with van der Waals surface area (Å²) in [7, 11) is 0. The molecule has 31 heavy (non-hydrogen) atoms. The van der Waals surface area contributed by atoms with Crippen LogP contribution in [0.3, 0.4) is 0 Å². The van der Waals surface area contributed by atoms with Crippen LogP contribution in [-0.2, 0) is 16.0 Å². The fourth-order valence-corrected chi connectivity index (χ4v) is 5.56. The van der Waals surface area contributed by atoms with Crippen LogP contribution in [0, 0.1) is 11.8 Å². The van der Waals surface area contributed by atoms with Crippen molar-refractivity contribution in [3.63, 3.8) is 0 Å². The largest absolute Gasteiger partial charge is 0.481 e. The van der Waals surface area contributed by atoms with Crippen molar-refractivity contribution in [2.24, 2.45) is 11.8 Å². The van der Waals surface area contributed by atoms with Crippen LogP contribution in [0.5, 0.6) is 0 Å². The first kappa shape index (κ1) is 19.6. The Balaban J connectivity index is 1.43. The molecule has 3 aromatic carbocycles. The Hall–Kier alpha value is -3.40. The minimum absolute atomic E-state index is 0.153. The highest BCUT2D eigenvalue weighted by Crippen LogP contribution is 2.58.